The van der Waals surface area contributed by atoms with Crippen molar-refractivity contribution in [2.24, 2.45) is 0 Å². The zero-order valence-electron chi connectivity index (χ0n) is 18.3. The third-order valence-corrected chi connectivity index (χ3v) is 4.76. The van der Waals surface area contributed by atoms with Gasteiger partial charge in [-0.2, -0.15) is 0 Å². The molecule has 1 heterocycles. The van der Waals surface area contributed by atoms with Gasteiger partial charge in [0.25, 0.3) is 0 Å². The van der Waals surface area contributed by atoms with E-state index in [4.69, 9.17) is 10.2 Å². The number of esters is 2. The second kappa shape index (κ2) is 14.9. The summed E-state index contributed by atoms with van der Waals surface area (Å²) in [4.78, 5) is 24.3. The lowest BCUT2D eigenvalue weighted by atomic mass is 10.2. The van der Waals surface area contributed by atoms with Crippen molar-refractivity contribution in [3.63, 3.8) is 0 Å². The van der Waals surface area contributed by atoms with Crippen LogP contribution in [0.5, 0.6) is 0 Å². The fraction of sp³-hybridized carbons (Fsp3) is 0.250. The van der Waals surface area contributed by atoms with Crippen molar-refractivity contribution < 1.29 is 29.3 Å². The van der Waals surface area contributed by atoms with Crippen LogP contribution in [0.2, 0.25) is 0 Å². The molecule has 3 rings (SSSR count). The number of rotatable bonds is 6. The first-order valence-corrected chi connectivity index (χ1v) is 10.6. The second-order valence-corrected chi connectivity index (χ2v) is 7.58. The van der Waals surface area contributed by atoms with Crippen molar-refractivity contribution in [1.82, 2.24) is 0 Å². The highest BCUT2D eigenvalue weighted by Gasteiger charge is 2.13. The van der Waals surface area contributed by atoms with E-state index in [9.17, 15) is 9.59 Å². The summed E-state index contributed by atoms with van der Waals surface area (Å²) in [5.74, 6) is -0.979. The maximum Gasteiger partial charge on any atom is 0.333 e. The number of carbonyl (C=O) groups is 2. The normalized spacial score (nSPS) is 10.4. The molecule has 1 aliphatic rings. The summed E-state index contributed by atoms with van der Waals surface area (Å²) in [7, 11) is 0. The van der Waals surface area contributed by atoms with Gasteiger partial charge in [0.15, 0.2) is 0 Å². The quantitative estimate of drug-likeness (QED) is 0.288. The molecular formula is C24H29NO6S. The largest absolute Gasteiger partial charge is 0.459 e. The molecule has 0 amide bonds. The number of aliphatic hydroxyl groups excluding tert-OH is 2. The van der Waals surface area contributed by atoms with E-state index in [1.54, 1.807) is 13.8 Å². The lowest BCUT2D eigenvalue weighted by molar-refractivity contribution is -0.147. The van der Waals surface area contributed by atoms with E-state index in [2.05, 4.69) is 76.5 Å². The Bertz CT molecular complexity index is 811. The summed E-state index contributed by atoms with van der Waals surface area (Å²) < 4.78 is 9.38. The van der Waals surface area contributed by atoms with E-state index in [0.717, 1.165) is 0 Å². The summed E-state index contributed by atoms with van der Waals surface area (Å²) in [5, 5.41) is 18.7. The van der Waals surface area contributed by atoms with Crippen LogP contribution < -0.4 is 5.32 Å². The van der Waals surface area contributed by atoms with Crippen LogP contribution in [0.25, 0.3) is 0 Å². The van der Waals surface area contributed by atoms with Crippen molar-refractivity contribution in [3.8, 4) is 0 Å². The van der Waals surface area contributed by atoms with E-state index < -0.39 is 11.9 Å². The Morgan fingerprint density at radius 1 is 0.812 bits per heavy atom. The zero-order valence-corrected chi connectivity index (χ0v) is 19.1. The smallest absolute Gasteiger partial charge is 0.333 e. The van der Waals surface area contributed by atoms with Gasteiger partial charge in [-0.05, 0) is 38.1 Å². The molecule has 172 valence electrons. The van der Waals surface area contributed by atoms with Gasteiger partial charge in [-0.15, -0.1) is 0 Å². The highest BCUT2D eigenvalue weighted by atomic mass is 32.2. The van der Waals surface area contributed by atoms with E-state index >= 15 is 0 Å². The Morgan fingerprint density at radius 3 is 1.53 bits per heavy atom. The van der Waals surface area contributed by atoms with Crippen molar-refractivity contribution in [2.45, 2.75) is 23.6 Å². The molecule has 0 aromatic heterocycles. The predicted molar refractivity (Wildman–Crippen MR) is 126 cm³/mol. The first-order valence-electron chi connectivity index (χ1n) is 9.80. The summed E-state index contributed by atoms with van der Waals surface area (Å²) in [5.41, 5.74) is 3.04. The van der Waals surface area contributed by atoms with Crippen LogP contribution in [-0.2, 0) is 19.1 Å². The van der Waals surface area contributed by atoms with Gasteiger partial charge in [0, 0.05) is 20.9 Å². The zero-order chi connectivity index (χ0) is 23.9. The van der Waals surface area contributed by atoms with Crippen LogP contribution in [0.4, 0.5) is 11.4 Å². The molecular weight excluding hydrogens is 430 g/mol. The van der Waals surface area contributed by atoms with Gasteiger partial charge in [0.2, 0.25) is 0 Å². The van der Waals surface area contributed by atoms with Crippen molar-refractivity contribution >= 4 is 35.1 Å². The van der Waals surface area contributed by atoms with Crippen LogP contribution in [0.1, 0.15) is 13.8 Å². The minimum atomic E-state index is -0.489. The van der Waals surface area contributed by atoms with Gasteiger partial charge in [-0.1, -0.05) is 49.2 Å². The number of ether oxygens (including phenoxy) is 2. The number of nitrogens with one attached hydrogen (secondary N) is 1. The Morgan fingerprint density at radius 2 is 1.19 bits per heavy atom. The summed E-state index contributed by atoms with van der Waals surface area (Å²) in [6.45, 7) is 9.70. The van der Waals surface area contributed by atoms with Crippen molar-refractivity contribution in [2.75, 3.05) is 31.7 Å². The SMILES string of the molecule is C=C(C)C(=O)OCCOC(=O)C(=C)C.OCCO.c1ccc2c(c1)Nc1ccccc1S2. The first-order chi connectivity index (χ1) is 15.3. The van der Waals surface area contributed by atoms with Crippen LogP contribution in [0, 0.1) is 0 Å². The number of fused-ring (bicyclic) bond motifs is 2. The van der Waals surface area contributed by atoms with Gasteiger partial charge in [0.1, 0.15) is 13.2 Å². The molecule has 0 atom stereocenters. The van der Waals surface area contributed by atoms with Gasteiger partial charge in [0.05, 0.1) is 24.6 Å². The topological polar surface area (TPSA) is 105 Å². The van der Waals surface area contributed by atoms with E-state index in [1.165, 1.54) is 21.2 Å². The van der Waals surface area contributed by atoms with Gasteiger partial charge in [-0.25, -0.2) is 9.59 Å². The fourth-order valence-electron chi connectivity index (χ4n) is 2.10. The fourth-order valence-corrected chi connectivity index (χ4v) is 3.08. The third kappa shape index (κ3) is 9.82. The number of hydrogen-bond donors (Lipinski definition) is 3. The Labute approximate surface area is 192 Å². The van der Waals surface area contributed by atoms with Crippen LogP contribution in [0.15, 0.2) is 82.6 Å². The van der Waals surface area contributed by atoms with Crippen LogP contribution in [0.3, 0.4) is 0 Å². The van der Waals surface area contributed by atoms with E-state index in [1.807, 2.05) is 11.8 Å². The van der Waals surface area contributed by atoms with Crippen molar-refractivity contribution in [3.05, 3.63) is 72.8 Å². The molecule has 0 spiro atoms. The Balaban J connectivity index is 0.000000275. The number of benzene rings is 2. The summed E-state index contributed by atoms with van der Waals surface area (Å²) >= 11 is 1.82. The average Bonchev–Trinajstić information content (AvgIpc) is 2.80. The maximum absolute atomic E-state index is 10.8. The van der Waals surface area contributed by atoms with Crippen LogP contribution in [-0.4, -0.2) is 48.6 Å². The van der Waals surface area contributed by atoms with E-state index in [0.29, 0.717) is 11.1 Å². The first kappa shape index (κ1) is 27.0. The predicted octanol–water partition coefficient (Wildman–Crippen LogP) is 4.09. The number of carbonyl (C=O) groups excluding carboxylic acids is 2. The molecule has 2 aromatic carbocycles. The molecule has 0 fully saturated rings. The number of aliphatic hydroxyl groups is 2. The molecule has 0 unspecified atom stereocenters. The Kier molecular flexibility index (Phi) is 12.5. The standard InChI is InChI=1S/C12H9NS.C10H14O4.C2H6O2/c1-3-7-11-9(5-1)13-10-6-2-4-8-12(10)14-11;1-7(2)9(11)13-5-6-14-10(12)8(3)4;3-1-2-4/h1-8,13H;1,3,5-6H2,2,4H3;3-4H,1-2H2. The number of hydrogen-bond acceptors (Lipinski definition) is 8. The van der Waals surface area contributed by atoms with Gasteiger partial charge < -0.3 is 25.0 Å². The van der Waals surface area contributed by atoms with Crippen LogP contribution >= 0.6 is 11.8 Å². The molecule has 0 radical (unpaired) electrons. The van der Waals surface area contributed by atoms with Gasteiger partial charge >= 0.3 is 11.9 Å². The summed E-state index contributed by atoms with van der Waals surface area (Å²) in [6, 6.07) is 16.8. The van der Waals surface area contributed by atoms with Gasteiger partial charge in [-0.3, -0.25) is 0 Å². The summed E-state index contributed by atoms with van der Waals surface area (Å²) in [6.07, 6.45) is 0. The molecule has 3 N–H and O–H groups in total. The second-order valence-electron chi connectivity index (χ2n) is 6.50. The Hall–Kier alpha value is -3.07. The maximum atomic E-state index is 10.8. The highest BCUT2D eigenvalue weighted by molar-refractivity contribution is 7.99. The molecule has 8 heteroatoms. The average molecular weight is 460 g/mol. The molecule has 0 saturated carbocycles. The minimum Gasteiger partial charge on any atom is -0.459 e. The highest BCUT2D eigenvalue weighted by Crippen LogP contribution is 2.43. The number of anilines is 2. The minimum absolute atomic E-state index is 0.0325. The lowest BCUT2D eigenvalue weighted by Gasteiger charge is -2.19. The number of para-hydroxylation sites is 2. The lowest BCUT2D eigenvalue weighted by Crippen LogP contribution is -2.14. The molecule has 0 bridgehead atoms. The molecule has 1 aliphatic heterocycles. The van der Waals surface area contributed by atoms with Crippen molar-refractivity contribution in [1.29, 1.82) is 0 Å². The third-order valence-electron chi connectivity index (χ3n) is 3.61. The monoisotopic (exact) mass is 459 g/mol. The molecule has 0 aliphatic carbocycles. The molecule has 32 heavy (non-hydrogen) atoms. The molecule has 2 aromatic rings. The van der Waals surface area contributed by atoms with E-state index in [-0.39, 0.29) is 26.4 Å². The molecule has 7 nitrogen and oxygen atoms in total. The molecule has 0 saturated heterocycles.